The lowest BCUT2D eigenvalue weighted by Gasteiger charge is -2.36. The van der Waals surface area contributed by atoms with Crippen LogP contribution >= 0.6 is 0 Å². The molecule has 0 N–H and O–H groups in total. The fourth-order valence-electron chi connectivity index (χ4n) is 3.77. The van der Waals surface area contributed by atoms with Gasteiger partial charge >= 0.3 is 0 Å². The van der Waals surface area contributed by atoms with Gasteiger partial charge in [0.05, 0.1) is 17.7 Å². The molecule has 1 fully saturated rings. The number of allylic oxidation sites excluding steroid dienone is 4. The predicted molar refractivity (Wildman–Crippen MR) is 127 cm³/mol. The highest BCUT2D eigenvalue weighted by atomic mass is 16.5. The molecule has 0 radical (unpaired) electrons. The van der Waals surface area contributed by atoms with E-state index in [9.17, 15) is 5.26 Å². The Kier molecular flexibility index (Phi) is 8.26. The largest absolute Gasteiger partial charge is 0.478 e. The predicted octanol–water partition coefficient (Wildman–Crippen LogP) is 4.86. The molecule has 31 heavy (non-hydrogen) atoms. The molecule has 0 spiro atoms. The lowest BCUT2D eigenvalue weighted by atomic mass is 10.1. The SMILES string of the molecule is C=C(/C(C#N)=C\C=C/C)N1CCN(CCCCOc2ccc3cccc(C)c3n2)CC1. The molecule has 1 aromatic heterocycles. The number of para-hydroxylation sites is 1. The molecule has 0 aliphatic carbocycles. The van der Waals surface area contributed by atoms with Crippen LogP contribution in [0.25, 0.3) is 10.9 Å². The normalized spacial score (nSPS) is 15.4. The van der Waals surface area contributed by atoms with E-state index >= 15 is 0 Å². The maximum atomic E-state index is 9.35. The Hall–Kier alpha value is -3.10. The number of nitriles is 1. The molecule has 5 nitrogen and oxygen atoms in total. The van der Waals surface area contributed by atoms with Crippen molar-refractivity contribution in [3.05, 3.63) is 72.0 Å². The van der Waals surface area contributed by atoms with Gasteiger partial charge in [-0.2, -0.15) is 5.26 Å². The third-order valence-corrected chi connectivity index (χ3v) is 5.66. The van der Waals surface area contributed by atoms with Crippen LogP contribution in [0.1, 0.15) is 25.3 Å². The van der Waals surface area contributed by atoms with E-state index in [0.29, 0.717) is 18.1 Å². The molecule has 162 valence electrons. The third-order valence-electron chi connectivity index (χ3n) is 5.66. The highest BCUT2D eigenvalue weighted by Crippen LogP contribution is 2.20. The van der Waals surface area contributed by atoms with Gasteiger partial charge in [0.25, 0.3) is 0 Å². The second-order valence-electron chi connectivity index (χ2n) is 7.84. The second kappa shape index (κ2) is 11.3. The van der Waals surface area contributed by atoms with Crippen LogP contribution in [0, 0.1) is 18.3 Å². The summed E-state index contributed by atoms with van der Waals surface area (Å²) in [6, 6.07) is 12.5. The van der Waals surface area contributed by atoms with Gasteiger partial charge in [-0.15, -0.1) is 0 Å². The summed E-state index contributed by atoms with van der Waals surface area (Å²) in [4.78, 5) is 9.34. The van der Waals surface area contributed by atoms with Gasteiger partial charge < -0.3 is 9.64 Å². The first-order valence-corrected chi connectivity index (χ1v) is 11.0. The van der Waals surface area contributed by atoms with Crippen molar-refractivity contribution in [2.75, 3.05) is 39.3 Å². The van der Waals surface area contributed by atoms with E-state index in [2.05, 4.69) is 58.6 Å². The molecule has 2 aromatic rings. The van der Waals surface area contributed by atoms with Crippen LogP contribution in [0.5, 0.6) is 5.88 Å². The van der Waals surface area contributed by atoms with Gasteiger partial charge in [-0.05, 0) is 50.9 Å². The van der Waals surface area contributed by atoms with Crippen LogP contribution in [0.15, 0.2) is 66.4 Å². The number of unbranched alkanes of at least 4 members (excludes halogenated alkanes) is 1. The summed E-state index contributed by atoms with van der Waals surface area (Å²) in [6.07, 6.45) is 7.74. The van der Waals surface area contributed by atoms with Gasteiger partial charge in [-0.1, -0.05) is 36.9 Å². The number of piperazine rings is 1. The number of aromatic nitrogens is 1. The Balaban J connectivity index is 1.37. The molecule has 0 amide bonds. The smallest absolute Gasteiger partial charge is 0.213 e. The quantitative estimate of drug-likeness (QED) is 0.332. The molecule has 1 aliphatic heterocycles. The maximum Gasteiger partial charge on any atom is 0.213 e. The van der Waals surface area contributed by atoms with Crippen molar-refractivity contribution in [3.8, 4) is 11.9 Å². The van der Waals surface area contributed by atoms with E-state index in [1.54, 1.807) is 0 Å². The molecule has 3 rings (SSSR count). The number of nitrogens with zero attached hydrogens (tertiary/aromatic N) is 4. The monoisotopic (exact) mass is 416 g/mol. The van der Waals surface area contributed by atoms with Gasteiger partial charge in [-0.3, -0.25) is 4.90 Å². The topological polar surface area (TPSA) is 52.4 Å². The lowest BCUT2D eigenvalue weighted by molar-refractivity contribution is 0.156. The number of fused-ring (bicyclic) bond motifs is 1. The summed E-state index contributed by atoms with van der Waals surface area (Å²) in [5, 5.41) is 10.5. The van der Waals surface area contributed by atoms with Gasteiger partial charge in [0.1, 0.15) is 6.07 Å². The van der Waals surface area contributed by atoms with E-state index in [1.165, 1.54) is 5.56 Å². The van der Waals surface area contributed by atoms with Crippen molar-refractivity contribution in [1.29, 1.82) is 5.26 Å². The minimum absolute atomic E-state index is 0.640. The molecule has 0 saturated carbocycles. The molecular formula is C26H32N4O. The number of ether oxygens (including phenoxy) is 1. The second-order valence-corrected chi connectivity index (χ2v) is 7.84. The van der Waals surface area contributed by atoms with Crippen molar-refractivity contribution in [2.24, 2.45) is 0 Å². The summed E-state index contributed by atoms with van der Waals surface area (Å²) in [5.74, 6) is 0.702. The molecule has 0 atom stereocenters. The van der Waals surface area contributed by atoms with Gasteiger partial charge in [0, 0.05) is 43.3 Å². The van der Waals surface area contributed by atoms with Crippen molar-refractivity contribution < 1.29 is 4.74 Å². The van der Waals surface area contributed by atoms with Crippen molar-refractivity contribution in [2.45, 2.75) is 26.7 Å². The lowest BCUT2D eigenvalue weighted by Crippen LogP contribution is -2.46. The molecule has 5 heteroatoms. The summed E-state index contributed by atoms with van der Waals surface area (Å²) in [7, 11) is 0. The number of benzene rings is 1. The summed E-state index contributed by atoms with van der Waals surface area (Å²) in [5.41, 5.74) is 3.65. The first-order chi connectivity index (χ1) is 15.1. The highest BCUT2D eigenvalue weighted by molar-refractivity contribution is 5.82. The first kappa shape index (κ1) is 22.6. The van der Waals surface area contributed by atoms with Gasteiger partial charge in [0.2, 0.25) is 5.88 Å². The summed E-state index contributed by atoms with van der Waals surface area (Å²) >= 11 is 0. The summed E-state index contributed by atoms with van der Waals surface area (Å²) < 4.78 is 5.89. The molecule has 0 unspecified atom stereocenters. The zero-order valence-corrected chi connectivity index (χ0v) is 18.7. The Morgan fingerprint density at radius 1 is 1.19 bits per heavy atom. The van der Waals surface area contributed by atoms with E-state index < -0.39 is 0 Å². The Morgan fingerprint density at radius 3 is 2.74 bits per heavy atom. The Morgan fingerprint density at radius 2 is 2.00 bits per heavy atom. The van der Waals surface area contributed by atoms with Crippen LogP contribution in [-0.2, 0) is 0 Å². The van der Waals surface area contributed by atoms with Crippen LogP contribution in [0.4, 0.5) is 0 Å². The molecule has 0 bridgehead atoms. The number of rotatable bonds is 9. The third kappa shape index (κ3) is 6.19. The summed E-state index contributed by atoms with van der Waals surface area (Å²) in [6.45, 7) is 13.7. The van der Waals surface area contributed by atoms with Crippen LogP contribution in [0.2, 0.25) is 0 Å². The molecular weight excluding hydrogens is 384 g/mol. The minimum Gasteiger partial charge on any atom is -0.478 e. The number of hydrogen-bond acceptors (Lipinski definition) is 5. The average molecular weight is 417 g/mol. The van der Waals surface area contributed by atoms with Crippen LogP contribution < -0.4 is 4.74 Å². The highest BCUT2D eigenvalue weighted by Gasteiger charge is 2.19. The minimum atomic E-state index is 0.640. The Bertz CT molecular complexity index is 994. The van der Waals surface area contributed by atoms with E-state index in [1.807, 2.05) is 31.2 Å². The van der Waals surface area contributed by atoms with E-state index in [0.717, 1.165) is 62.2 Å². The van der Waals surface area contributed by atoms with Crippen molar-refractivity contribution >= 4 is 10.9 Å². The molecule has 1 aromatic carbocycles. The van der Waals surface area contributed by atoms with Crippen molar-refractivity contribution in [3.63, 3.8) is 0 Å². The number of aryl methyl sites for hydroxylation is 1. The zero-order chi connectivity index (χ0) is 22.1. The van der Waals surface area contributed by atoms with Crippen LogP contribution in [0.3, 0.4) is 0 Å². The van der Waals surface area contributed by atoms with Crippen molar-refractivity contribution in [1.82, 2.24) is 14.8 Å². The van der Waals surface area contributed by atoms with Gasteiger partial charge in [0.15, 0.2) is 0 Å². The first-order valence-electron chi connectivity index (χ1n) is 11.0. The van der Waals surface area contributed by atoms with Crippen LogP contribution in [-0.4, -0.2) is 54.1 Å². The zero-order valence-electron chi connectivity index (χ0n) is 18.7. The number of pyridine rings is 1. The molecule has 1 aliphatic rings. The Labute approximate surface area is 185 Å². The van der Waals surface area contributed by atoms with E-state index in [4.69, 9.17) is 4.74 Å². The van der Waals surface area contributed by atoms with Gasteiger partial charge in [-0.25, -0.2) is 4.98 Å². The fourth-order valence-corrected chi connectivity index (χ4v) is 3.77. The van der Waals surface area contributed by atoms with E-state index in [-0.39, 0.29) is 0 Å². The fraction of sp³-hybridized carbons (Fsp3) is 0.385. The average Bonchev–Trinajstić information content (AvgIpc) is 2.80. The molecule has 2 heterocycles. The maximum absolute atomic E-state index is 9.35. The standard InChI is InChI=1S/C26H32N4O/c1-4-5-10-24(20-27)22(3)30-17-15-29(16-18-30)14-6-7-19-31-25-13-12-23-11-8-9-21(2)26(23)28-25/h4-5,8-13H,3,6-7,14-19H2,1-2H3/b5-4-,24-10-. The number of hydrogen-bond donors (Lipinski definition) is 0. The molecule has 1 saturated heterocycles.